The SMILES string of the molecule is CC(C)N=c1oc2c(n1C(C)C)CCCCC2. The molecule has 0 saturated carbocycles. The van der Waals surface area contributed by atoms with Gasteiger partial charge in [0.15, 0.2) is 0 Å². The van der Waals surface area contributed by atoms with Crippen LogP contribution < -0.4 is 5.68 Å². The van der Waals surface area contributed by atoms with Gasteiger partial charge in [-0.15, -0.1) is 0 Å². The van der Waals surface area contributed by atoms with Gasteiger partial charge in [-0.2, -0.15) is 0 Å². The van der Waals surface area contributed by atoms with Crippen molar-refractivity contribution in [1.29, 1.82) is 0 Å². The zero-order valence-corrected chi connectivity index (χ0v) is 11.5. The number of hydrogen-bond donors (Lipinski definition) is 0. The Morgan fingerprint density at radius 3 is 2.41 bits per heavy atom. The number of oxazole rings is 1. The average Bonchev–Trinajstić information content (AvgIpc) is 2.42. The summed E-state index contributed by atoms with van der Waals surface area (Å²) < 4.78 is 8.28. The Morgan fingerprint density at radius 2 is 1.76 bits per heavy atom. The van der Waals surface area contributed by atoms with Gasteiger partial charge in [0.2, 0.25) is 0 Å². The summed E-state index contributed by atoms with van der Waals surface area (Å²) in [5.41, 5.74) is 2.21. The van der Waals surface area contributed by atoms with Crippen molar-refractivity contribution in [3.63, 3.8) is 0 Å². The maximum atomic E-state index is 5.99. The monoisotopic (exact) mass is 236 g/mol. The first-order valence-corrected chi connectivity index (χ1v) is 6.86. The molecule has 17 heavy (non-hydrogen) atoms. The first kappa shape index (κ1) is 12.5. The van der Waals surface area contributed by atoms with Crippen LogP contribution in [0.5, 0.6) is 0 Å². The van der Waals surface area contributed by atoms with Crippen molar-refractivity contribution in [3.8, 4) is 0 Å². The van der Waals surface area contributed by atoms with Crippen molar-refractivity contribution in [2.45, 2.75) is 71.9 Å². The molecule has 0 aliphatic heterocycles. The summed E-state index contributed by atoms with van der Waals surface area (Å²) in [6, 6.07) is 0.716. The first-order chi connectivity index (χ1) is 8.09. The van der Waals surface area contributed by atoms with Crippen LogP contribution in [-0.4, -0.2) is 10.6 Å². The van der Waals surface area contributed by atoms with E-state index >= 15 is 0 Å². The van der Waals surface area contributed by atoms with Crippen LogP contribution in [0.15, 0.2) is 9.41 Å². The minimum atomic E-state index is 0.287. The summed E-state index contributed by atoms with van der Waals surface area (Å²) in [5.74, 6) is 1.18. The average molecular weight is 236 g/mol. The lowest BCUT2D eigenvalue weighted by Gasteiger charge is -2.10. The van der Waals surface area contributed by atoms with Gasteiger partial charge in [0.1, 0.15) is 5.76 Å². The van der Waals surface area contributed by atoms with E-state index in [2.05, 4.69) is 37.3 Å². The highest BCUT2D eigenvalue weighted by atomic mass is 16.4. The van der Waals surface area contributed by atoms with Crippen molar-refractivity contribution >= 4 is 0 Å². The molecule has 0 saturated heterocycles. The molecule has 0 atom stereocenters. The van der Waals surface area contributed by atoms with Crippen LogP contribution in [0.2, 0.25) is 0 Å². The quantitative estimate of drug-likeness (QED) is 0.725. The Kier molecular flexibility index (Phi) is 3.75. The van der Waals surface area contributed by atoms with E-state index < -0.39 is 0 Å². The third kappa shape index (κ3) is 2.64. The maximum absolute atomic E-state index is 5.99. The van der Waals surface area contributed by atoms with Crippen molar-refractivity contribution in [3.05, 3.63) is 17.1 Å². The Hall–Kier alpha value is -0.990. The molecule has 0 aromatic carbocycles. The summed E-state index contributed by atoms with van der Waals surface area (Å²) >= 11 is 0. The molecule has 0 bridgehead atoms. The van der Waals surface area contributed by atoms with Crippen molar-refractivity contribution in [1.82, 2.24) is 4.57 Å². The van der Waals surface area contributed by atoms with Crippen LogP contribution in [0, 0.1) is 0 Å². The number of hydrogen-bond acceptors (Lipinski definition) is 2. The second kappa shape index (κ2) is 5.11. The fourth-order valence-corrected chi connectivity index (χ4v) is 2.52. The molecule has 0 N–H and O–H groups in total. The van der Waals surface area contributed by atoms with E-state index in [0.717, 1.165) is 18.5 Å². The number of fused-ring (bicyclic) bond motifs is 1. The molecule has 0 spiro atoms. The molecule has 3 heteroatoms. The molecule has 0 fully saturated rings. The van der Waals surface area contributed by atoms with Crippen LogP contribution in [-0.2, 0) is 12.8 Å². The molecule has 2 rings (SSSR count). The van der Waals surface area contributed by atoms with E-state index in [1.807, 2.05) is 0 Å². The number of aryl methyl sites for hydroxylation is 1. The molecule has 1 aromatic heterocycles. The maximum Gasteiger partial charge on any atom is 0.297 e. The lowest BCUT2D eigenvalue weighted by molar-refractivity contribution is 0.400. The Balaban J connectivity index is 2.54. The molecule has 1 aliphatic carbocycles. The second-order valence-electron chi connectivity index (χ2n) is 5.50. The summed E-state index contributed by atoms with van der Waals surface area (Å²) in [4.78, 5) is 4.61. The Bertz CT molecular complexity index is 438. The number of aromatic nitrogens is 1. The molecular formula is C14H24N2O. The second-order valence-corrected chi connectivity index (χ2v) is 5.50. The van der Waals surface area contributed by atoms with Gasteiger partial charge in [-0.05, 0) is 47.0 Å². The molecule has 96 valence electrons. The van der Waals surface area contributed by atoms with Gasteiger partial charge < -0.3 is 4.42 Å². The Morgan fingerprint density at radius 1 is 1.06 bits per heavy atom. The first-order valence-electron chi connectivity index (χ1n) is 6.86. The van der Waals surface area contributed by atoms with Gasteiger partial charge in [-0.3, -0.25) is 4.57 Å². The third-order valence-corrected chi connectivity index (χ3v) is 3.24. The van der Waals surface area contributed by atoms with Crippen molar-refractivity contribution < 1.29 is 4.42 Å². The molecule has 1 aliphatic rings. The number of rotatable bonds is 2. The van der Waals surface area contributed by atoms with Gasteiger partial charge in [0, 0.05) is 18.5 Å². The minimum Gasteiger partial charge on any atom is -0.428 e. The predicted molar refractivity (Wildman–Crippen MR) is 69.0 cm³/mol. The standard InChI is InChI=1S/C14H24N2O/c1-10(2)15-14-16(11(3)4)12-8-6-5-7-9-13(12)17-14/h10-11H,5-9H2,1-4H3. The highest BCUT2D eigenvalue weighted by Crippen LogP contribution is 2.22. The summed E-state index contributed by atoms with van der Waals surface area (Å²) in [6.45, 7) is 8.61. The Labute approximate surface area is 104 Å². The van der Waals surface area contributed by atoms with Crippen molar-refractivity contribution in [2.75, 3.05) is 0 Å². The van der Waals surface area contributed by atoms with Crippen LogP contribution >= 0.6 is 0 Å². The van der Waals surface area contributed by atoms with Gasteiger partial charge in [-0.1, -0.05) is 6.42 Å². The third-order valence-electron chi connectivity index (χ3n) is 3.24. The molecule has 0 amide bonds. The zero-order valence-electron chi connectivity index (χ0n) is 11.5. The molecule has 0 radical (unpaired) electrons. The highest BCUT2D eigenvalue weighted by molar-refractivity contribution is 5.12. The van der Waals surface area contributed by atoms with Gasteiger partial charge in [-0.25, -0.2) is 4.99 Å². The normalized spacial score (nSPS) is 17.6. The molecule has 3 nitrogen and oxygen atoms in total. The van der Waals surface area contributed by atoms with Gasteiger partial charge in [0.25, 0.3) is 5.68 Å². The molecular weight excluding hydrogens is 212 g/mol. The van der Waals surface area contributed by atoms with E-state index in [1.165, 1.54) is 30.7 Å². The van der Waals surface area contributed by atoms with E-state index in [4.69, 9.17) is 4.42 Å². The van der Waals surface area contributed by atoms with Crippen molar-refractivity contribution in [2.24, 2.45) is 4.99 Å². The summed E-state index contributed by atoms with van der Waals surface area (Å²) in [6.07, 6.45) is 6.07. The number of nitrogens with zero attached hydrogens (tertiary/aromatic N) is 2. The fraction of sp³-hybridized carbons (Fsp3) is 0.786. The largest absolute Gasteiger partial charge is 0.428 e. The van der Waals surface area contributed by atoms with E-state index in [0.29, 0.717) is 6.04 Å². The lowest BCUT2D eigenvalue weighted by atomic mass is 10.2. The molecule has 1 heterocycles. The summed E-state index contributed by atoms with van der Waals surface area (Å²) in [5, 5.41) is 0. The highest BCUT2D eigenvalue weighted by Gasteiger charge is 2.19. The zero-order chi connectivity index (χ0) is 12.4. The van der Waals surface area contributed by atoms with Crippen LogP contribution in [0.1, 0.15) is 64.5 Å². The van der Waals surface area contributed by atoms with Crippen LogP contribution in [0.4, 0.5) is 0 Å². The van der Waals surface area contributed by atoms with Crippen LogP contribution in [0.25, 0.3) is 0 Å². The molecule has 0 unspecified atom stereocenters. The van der Waals surface area contributed by atoms with Crippen LogP contribution in [0.3, 0.4) is 0 Å². The fourth-order valence-electron chi connectivity index (χ4n) is 2.52. The molecule has 1 aromatic rings. The summed E-state index contributed by atoms with van der Waals surface area (Å²) in [7, 11) is 0. The van der Waals surface area contributed by atoms with Gasteiger partial charge >= 0.3 is 0 Å². The van der Waals surface area contributed by atoms with E-state index in [-0.39, 0.29) is 6.04 Å². The van der Waals surface area contributed by atoms with E-state index in [1.54, 1.807) is 0 Å². The van der Waals surface area contributed by atoms with E-state index in [9.17, 15) is 0 Å². The smallest absolute Gasteiger partial charge is 0.297 e. The van der Waals surface area contributed by atoms with Gasteiger partial charge in [0.05, 0.1) is 5.69 Å². The predicted octanol–water partition coefficient (Wildman–Crippen LogP) is 3.24. The lowest BCUT2D eigenvalue weighted by Crippen LogP contribution is -2.22. The topological polar surface area (TPSA) is 30.4 Å². The minimum absolute atomic E-state index is 0.287.